The van der Waals surface area contributed by atoms with Crippen molar-refractivity contribution in [2.45, 2.75) is 80.8 Å². The van der Waals surface area contributed by atoms with Crippen LogP contribution >= 0.6 is 15.9 Å². The van der Waals surface area contributed by atoms with Crippen LogP contribution in [0.25, 0.3) is 12.2 Å². The molecule has 166 valence electrons. The van der Waals surface area contributed by atoms with Crippen LogP contribution in [0.3, 0.4) is 0 Å². The maximum Gasteiger partial charge on any atom is 0.137 e. The second-order valence-electron chi connectivity index (χ2n) is 6.19. The number of rotatable bonds is 5. The second-order valence-corrected chi connectivity index (χ2v) is 6.98. The van der Waals surface area contributed by atoms with Gasteiger partial charge >= 0.3 is 0 Å². The van der Waals surface area contributed by atoms with Gasteiger partial charge < -0.3 is 10.5 Å². The zero-order valence-electron chi connectivity index (χ0n) is 20.1. The van der Waals surface area contributed by atoms with Crippen LogP contribution in [0.1, 0.15) is 82.2 Å². The highest BCUT2D eigenvalue weighted by Crippen LogP contribution is 2.35. The predicted octanol–water partition coefficient (Wildman–Crippen LogP) is 6.92. The van der Waals surface area contributed by atoms with Crippen molar-refractivity contribution in [3.05, 3.63) is 44.4 Å². The van der Waals surface area contributed by atoms with E-state index in [-0.39, 0.29) is 6.04 Å². The van der Waals surface area contributed by atoms with Crippen molar-refractivity contribution in [3.8, 4) is 0 Å². The molecule has 4 heteroatoms. The lowest BCUT2D eigenvalue weighted by Crippen LogP contribution is -2.30. The van der Waals surface area contributed by atoms with E-state index >= 15 is 0 Å². The molecule has 1 heterocycles. The maximum absolute atomic E-state index is 11.3. The van der Waals surface area contributed by atoms with Gasteiger partial charge in [-0.1, -0.05) is 52.0 Å². The predicted molar refractivity (Wildman–Crippen MR) is 135 cm³/mol. The van der Waals surface area contributed by atoms with Crippen molar-refractivity contribution in [2.75, 3.05) is 13.6 Å². The number of allylic oxidation sites excluding steroid dienone is 2. The number of halogens is 1. The third kappa shape index (κ3) is 8.19. The highest BCUT2D eigenvalue weighted by molar-refractivity contribution is 9.10. The summed E-state index contributed by atoms with van der Waals surface area (Å²) in [6.45, 7) is 18.3. The Morgan fingerprint density at radius 3 is 1.97 bits per heavy atom. The minimum atomic E-state index is 0.0622. The average Bonchev–Trinajstić information content (AvgIpc) is 3.23. The van der Waals surface area contributed by atoms with Crippen molar-refractivity contribution < 1.29 is 4.79 Å². The zero-order chi connectivity index (χ0) is 23.0. The third-order valence-electron chi connectivity index (χ3n) is 4.80. The summed E-state index contributed by atoms with van der Waals surface area (Å²) in [5, 5.41) is 0. The van der Waals surface area contributed by atoms with E-state index in [1.165, 1.54) is 34.9 Å². The third-order valence-corrected chi connectivity index (χ3v) is 5.70. The molecule has 1 fully saturated rings. The van der Waals surface area contributed by atoms with Gasteiger partial charge in [-0.15, -0.1) is 0 Å². The molecule has 1 aromatic carbocycles. The number of hydrogen-bond donors (Lipinski definition) is 1. The fourth-order valence-corrected chi connectivity index (χ4v) is 4.16. The lowest BCUT2D eigenvalue weighted by molar-refractivity contribution is -0.111. The molecule has 1 aliphatic heterocycles. The van der Waals surface area contributed by atoms with Gasteiger partial charge in [0.1, 0.15) is 6.29 Å². The van der Waals surface area contributed by atoms with Crippen molar-refractivity contribution in [3.63, 3.8) is 0 Å². The Bertz CT molecular complexity index is 651. The number of carbonyl (C=O) groups excluding carboxylic acids is 1. The van der Waals surface area contributed by atoms with Crippen LogP contribution < -0.4 is 5.73 Å². The molecule has 1 unspecified atom stereocenters. The van der Waals surface area contributed by atoms with Crippen LogP contribution in [0, 0.1) is 13.8 Å². The van der Waals surface area contributed by atoms with E-state index in [0.29, 0.717) is 0 Å². The molecule has 0 spiro atoms. The standard InChI is InChI=1S/C20H26BrNO.2C2H6.CH5N/c1-5-8-17-14(3)15(4)18(9-6-2)20(21)19(17)12-22-11-7-10-16(22)13-23;3*1-2/h5-6,8-9,13,16H,7,10-12H2,1-4H3;2*1-2H3;2H2,1H3/b8-5-,9-6-;;;. The Hall–Kier alpha value is -1.23. The molecular weight excluding hydrogens is 424 g/mol. The first-order chi connectivity index (χ1) is 14.0. The number of benzene rings is 1. The Morgan fingerprint density at radius 1 is 1.00 bits per heavy atom. The molecule has 1 saturated heterocycles. The Kier molecular flexibility index (Phi) is 18.2. The van der Waals surface area contributed by atoms with Gasteiger partial charge in [0.25, 0.3) is 0 Å². The monoisotopic (exact) mass is 466 g/mol. The molecule has 2 N–H and O–H groups in total. The van der Waals surface area contributed by atoms with Gasteiger partial charge in [-0.2, -0.15) is 0 Å². The minimum absolute atomic E-state index is 0.0622. The van der Waals surface area contributed by atoms with Crippen LogP contribution in [0.15, 0.2) is 16.6 Å². The molecule has 3 nitrogen and oxygen atoms in total. The molecule has 0 aliphatic carbocycles. The molecule has 0 aromatic heterocycles. The first kappa shape index (κ1) is 30.0. The Labute approximate surface area is 188 Å². The van der Waals surface area contributed by atoms with E-state index in [0.717, 1.165) is 36.7 Å². The molecule has 2 rings (SSSR count). The van der Waals surface area contributed by atoms with Gasteiger partial charge in [0.05, 0.1) is 6.04 Å². The molecule has 1 aromatic rings. The van der Waals surface area contributed by atoms with Gasteiger partial charge in [0, 0.05) is 11.0 Å². The topological polar surface area (TPSA) is 46.3 Å². The summed E-state index contributed by atoms with van der Waals surface area (Å²) in [4.78, 5) is 13.6. The molecule has 1 aliphatic rings. The van der Waals surface area contributed by atoms with Crippen molar-refractivity contribution in [1.29, 1.82) is 0 Å². The minimum Gasteiger partial charge on any atom is -0.333 e. The van der Waals surface area contributed by atoms with E-state index in [4.69, 9.17) is 0 Å². The summed E-state index contributed by atoms with van der Waals surface area (Å²) in [6, 6.07) is 0.0622. The van der Waals surface area contributed by atoms with Gasteiger partial charge in [-0.05, 0) is 97.9 Å². The Morgan fingerprint density at radius 2 is 1.48 bits per heavy atom. The lowest BCUT2D eigenvalue weighted by Gasteiger charge is -2.25. The van der Waals surface area contributed by atoms with Crippen LogP contribution in [-0.2, 0) is 11.3 Å². The fourth-order valence-electron chi connectivity index (χ4n) is 3.39. The summed E-state index contributed by atoms with van der Waals surface area (Å²) in [5.41, 5.74) is 10.9. The average molecular weight is 468 g/mol. The molecule has 0 bridgehead atoms. The van der Waals surface area contributed by atoms with Gasteiger partial charge in [-0.3, -0.25) is 4.90 Å². The molecule has 0 radical (unpaired) electrons. The number of hydrogen-bond acceptors (Lipinski definition) is 3. The first-order valence-corrected chi connectivity index (χ1v) is 11.7. The van der Waals surface area contributed by atoms with Crippen molar-refractivity contribution >= 4 is 34.4 Å². The molecule has 29 heavy (non-hydrogen) atoms. The first-order valence-electron chi connectivity index (χ1n) is 10.9. The number of carbonyl (C=O) groups is 1. The Balaban J connectivity index is 0. The SMILES string of the molecule is C/C=C\c1c(C)c(C)c(/C=C\C)c(CN2CCCC2C=O)c1Br.CC.CC.CN. The number of aldehydes is 1. The van der Waals surface area contributed by atoms with Crippen LogP contribution in [0.5, 0.6) is 0 Å². The summed E-state index contributed by atoms with van der Waals surface area (Å²) in [5.74, 6) is 0. The van der Waals surface area contributed by atoms with E-state index in [9.17, 15) is 4.79 Å². The van der Waals surface area contributed by atoms with Crippen molar-refractivity contribution in [1.82, 2.24) is 4.90 Å². The van der Waals surface area contributed by atoms with Gasteiger partial charge in [0.15, 0.2) is 0 Å². The van der Waals surface area contributed by atoms with E-state index < -0.39 is 0 Å². The van der Waals surface area contributed by atoms with E-state index in [1.807, 2.05) is 34.6 Å². The van der Waals surface area contributed by atoms with Crippen LogP contribution in [0.4, 0.5) is 0 Å². The highest BCUT2D eigenvalue weighted by Gasteiger charge is 2.26. The van der Waals surface area contributed by atoms with Gasteiger partial charge in [-0.25, -0.2) is 0 Å². The van der Waals surface area contributed by atoms with Crippen molar-refractivity contribution in [2.24, 2.45) is 5.73 Å². The normalized spacial score (nSPS) is 15.9. The van der Waals surface area contributed by atoms with E-state index in [2.05, 4.69) is 71.6 Å². The summed E-state index contributed by atoms with van der Waals surface area (Å²) in [7, 11) is 1.50. The van der Waals surface area contributed by atoms with Crippen LogP contribution in [0.2, 0.25) is 0 Å². The number of likely N-dealkylation sites (tertiary alicyclic amines) is 1. The second kappa shape index (κ2) is 17.6. The summed E-state index contributed by atoms with van der Waals surface area (Å²) >= 11 is 3.84. The number of nitrogens with two attached hydrogens (primary N) is 1. The number of nitrogens with zero attached hydrogens (tertiary/aromatic N) is 1. The fraction of sp³-hybridized carbons (Fsp3) is 0.560. The lowest BCUT2D eigenvalue weighted by atomic mass is 9.92. The molecular formula is C25H43BrN2O. The zero-order valence-corrected chi connectivity index (χ0v) is 21.7. The molecule has 0 saturated carbocycles. The largest absolute Gasteiger partial charge is 0.333 e. The van der Waals surface area contributed by atoms with Gasteiger partial charge in [0.2, 0.25) is 0 Å². The summed E-state index contributed by atoms with van der Waals surface area (Å²) < 4.78 is 1.16. The molecule has 0 amide bonds. The van der Waals surface area contributed by atoms with E-state index in [1.54, 1.807) is 0 Å². The molecule has 1 atom stereocenters. The van der Waals surface area contributed by atoms with Crippen LogP contribution in [-0.4, -0.2) is 30.8 Å². The maximum atomic E-state index is 11.3. The summed E-state index contributed by atoms with van der Waals surface area (Å²) in [6.07, 6.45) is 11.7. The quantitative estimate of drug-likeness (QED) is 0.478. The highest BCUT2D eigenvalue weighted by atomic mass is 79.9. The smallest absolute Gasteiger partial charge is 0.137 e.